The Morgan fingerprint density at radius 2 is 1.73 bits per heavy atom. The number of carbonyl (C=O) groups excluding carboxylic acids is 3. The third kappa shape index (κ3) is 7.43. The van der Waals surface area contributed by atoms with Gasteiger partial charge in [0.15, 0.2) is 0 Å². The summed E-state index contributed by atoms with van der Waals surface area (Å²) in [4.78, 5) is 42.1. The van der Waals surface area contributed by atoms with E-state index >= 15 is 0 Å². The van der Waals surface area contributed by atoms with Crippen LogP contribution in [0.25, 0.3) is 6.08 Å². The van der Waals surface area contributed by atoms with Crippen molar-refractivity contribution < 1.29 is 19.1 Å². The first-order valence-corrected chi connectivity index (χ1v) is 12.7. The SMILES string of the molecule is CC[C@H](C)[C@@H]1NC(=O)[C@@H](N(C)C)Cc2cc(ccc2OC)C=CNC(=O)[C@@H](Cc2ccccc2)NC1=O. The largest absolute Gasteiger partial charge is 0.496 e. The number of likely N-dealkylation sites (N-methyl/N-ethyl adjacent to an activating group) is 1. The van der Waals surface area contributed by atoms with Gasteiger partial charge in [0.1, 0.15) is 17.8 Å². The van der Waals surface area contributed by atoms with Crippen molar-refractivity contribution in [3.05, 3.63) is 71.4 Å². The highest BCUT2D eigenvalue weighted by Crippen LogP contribution is 2.23. The van der Waals surface area contributed by atoms with E-state index in [4.69, 9.17) is 4.74 Å². The lowest BCUT2D eigenvalue weighted by atomic mass is 9.95. The molecule has 8 heteroatoms. The zero-order chi connectivity index (χ0) is 26.9. The number of rotatable bonds is 6. The summed E-state index contributed by atoms with van der Waals surface area (Å²) >= 11 is 0. The number of hydrogen-bond donors (Lipinski definition) is 3. The summed E-state index contributed by atoms with van der Waals surface area (Å²) in [7, 11) is 5.27. The molecule has 0 aliphatic carbocycles. The summed E-state index contributed by atoms with van der Waals surface area (Å²) < 4.78 is 5.55. The quantitative estimate of drug-likeness (QED) is 0.559. The van der Waals surface area contributed by atoms with Gasteiger partial charge in [0.2, 0.25) is 17.7 Å². The molecule has 0 saturated carbocycles. The first-order chi connectivity index (χ1) is 17.7. The maximum Gasteiger partial charge on any atom is 0.246 e. The Labute approximate surface area is 219 Å². The van der Waals surface area contributed by atoms with E-state index in [0.29, 0.717) is 25.0 Å². The van der Waals surface area contributed by atoms with Gasteiger partial charge in [-0.15, -0.1) is 0 Å². The van der Waals surface area contributed by atoms with Gasteiger partial charge in [-0.3, -0.25) is 19.3 Å². The van der Waals surface area contributed by atoms with Crippen LogP contribution < -0.4 is 20.7 Å². The summed E-state index contributed by atoms with van der Waals surface area (Å²) in [5, 5.41) is 8.70. The Hall–Kier alpha value is -3.65. The van der Waals surface area contributed by atoms with Gasteiger partial charge in [0.05, 0.1) is 13.2 Å². The Morgan fingerprint density at radius 3 is 2.38 bits per heavy atom. The number of fused-ring (bicyclic) bond motifs is 2. The molecular formula is C29H38N4O4. The minimum absolute atomic E-state index is 0.138. The number of carbonyl (C=O) groups is 3. The number of benzene rings is 2. The van der Waals surface area contributed by atoms with Crippen LogP contribution in [0.1, 0.15) is 37.0 Å². The van der Waals surface area contributed by atoms with Crippen LogP contribution in [0.15, 0.2) is 54.7 Å². The van der Waals surface area contributed by atoms with Crippen molar-refractivity contribution in [3.8, 4) is 5.75 Å². The van der Waals surface area contributed by atoms with Crippen LogP contribution in [-0.4, -0.2) is 62.0 Å². The highest BCUT2D eigenvalue weighted by molar-refractivity contribution is 5.94. The van der Waals surface area contributed by atoms with Gasteiger partial charge < -0.3 is 20.7 Å². The van der Waals surface area contributed by atoms with Crippen LogP contribution in [0, 0.1) is 5.92 Å². The Bertz CT molecular complexity index is 1120. The van der Waals surface area contributed by atoms with Gasteiger partial charge in [-0.25, -0.2) is 0 Å². The van der Waals surface area contributed by atoms with E-state index < -0.39 is 18.1 Å². The van der Waals surface area contributed by atoms with Crippen molar-refractivity contribution in [2.75, 3.05) is 21.2 Å². The molecule has 0 spiro atoms. The molecule has 0 aromatic heterocycles. The van der Waals surface area contributed by atoms with E-state index in [0.717, 1.165) is 16.7 Å². The number of hydrogen-bond acceptors (Lipinski definition) is 5. The van der Waals surface area contributed by atoms with E-state index in [-0.39, 0.29) is 23.6 Å². The molecule has 2 aromatic carbocycles. The number of amides is 3. The lowest BCUT2D eigenvalue weighted by Crippen LogP contribution is -2.58. The molecule has 4 atom stereocenters. The Morgan fingerprint density at radius 1 is 1.00 bits per heavy atom. The van der Waals surface area contributed by atoms with Crippen molar-refractivity contribution in [3.63, 3.8) is 0 Å². The number of nitrogens with zero attached hydrogens (tertiary/aromatic N) is 1. The van der Waals surface area contributed by atoms with Crippen LogP contribution in [-0.2, 0) is 27.2 Å². The fourth-order valence-corrected chi connectivity index (χ4v) is 4.37. The number of nitrogens with one attached hydrogen (secondary N) is 3. The lowest BCUT2D eigenvalue weighted by Gasteiger charge is -2.30. The number of methoxy groups -OCH3 is 1. The highest BCUT2D eigenvalue weighted by Gasteiger charge is 2.33. The second kappa shape index (κ2) is 13.1. The molecular weight excluding hydrogens is 468 g/mol. The molecule has 0 fully saturated rings. The average Bonchev–Trinajstić information content (AvgIpc) is 2.89. The molecule has 3 N–H and O–H groups in total. The van der Waals surface area contributed by atoms with Crippen LogP contribution in [0.2, 0.25) is 0 Å². The Kier molecular flexibility index (Phi) is 9.85. The normalized spacial score (nSPS) is 21.8. The predicted octanol–water partition coefficient (Wildman–Crippen LogP) is 2.53. The maximum absolute atomic E-state index is 13.5. The van der Waals surface area contributed by atoms with Crippen molar-refractivity contribution >= 4 is 23.8 Å². The molecule has 2 bridgehead atoms. The summed E-state index contributed by atoms with van der Waals surface area (Å²) in [5.41, 5.74) is 2.62. The average molecular weight is 507 g/mol. The molecule has 0 radical (unpaired) electrons. The molecule has 3 rings (SSSR count). The molecule has 198 valence electrons. The zero-order valence-corrected chi connectivity index (χ0v) is 22.3. The van der Waals surface area contributed by atoms with E-state index in [9.17, 15) is 14.4 Å². The summed E-state index contributed by atoms with van der Waals surface area (Å²) in [6, 6.07) is 13.1. The maximum atomic E-state index is 13.5. The molecule has 0 saturated heterocycles. The standard InChI is InChI=1S/C29H38N4O4/c1-6-19(2)26-29(36)31-23(17-20-10-8-7-9-11-20)27(34)30-15-14-21-12-13-25(37-5)22(16-21)18-24(33(3)4)28(35)32-26/h7-16,19,23-24,26H,6,17-18H2,1-5H3,(H,30,34)(H,31,36)(H,32,35)/t19-,23+,24-,26-/m0/s1. The monoisotopic (exact) mass is 506 g/mol. The van der Waals surface area contributed by atoms with Crippen molar-refractivity contribution in [2.45, 2.75) is 51.2 Å². The third-order valence-electron chi connectivity index (χ3n) is 6.85. The van der Waals surface area contributed by atoms with Crippen LogP contribution in [0.3, 0.4) is 0 Å². The van der Waals surface area contributed by atoms with E-state index in [2.05, 4.69) is 16.0 Å². The third-order valence-corrected chi connectivity index (χ3v) is 6.85. The fourth-order valence-electron chi connectivity index (χ4n) is 4.37. The molecule has 3 amide bonds. The van der Waals surface area contributed by atoms with Crippen molar-refractivity contribution in [2.24, 2.45) is 5.92 Å². The number of ether oxygens (including phenoxy) is 1. The second-order valence-electron chi connectivity index (χ2n) is 9.72. The molecule has 0 unspecified atom stereocenters. The second-order valence-corrected chi connectivity index (χ2v) is 9.72. The molecule has 37 heavy (non-hydrogen) atoms. The van der Waals surface area contributed by atoms with Gasteiger partial charge in [-0.05, 0) is 54.9 Å². The van der Waals surface area contributed by atoms with Gasteiger partial charge in [-0.1, -0.05) is 56.7 Å². The highest BCUT2D eigenvalue weighted by atomic mass is 16.5. The summed E-state index contributed by atoms with van der Waals surface area (Å²) in [5.74, 6) is -0.442. The minimum Gasteiger partial charge on any atom is -0.496 e. The fraction of sp³-hybridized carbons (Fsp3) is 0.414. The molecule has 8 nitrogen and oxygen atoms in total. The van der Waals surface area contributed by atoms with Gasteiger partial charge in [0.25, 0.3) is 0 Å². The van der Waals surface area contributed by atoms with Gasteiger partial charge in [0, 0.05) is 19.0 Å². The predicted molar refractivity (Wildman–Crippen MR) is 145 cm³/mol. The lowest BCUT2D eigenvalue weighted by molar-refractivity contribution is -0.134. The summed E-state index contributed by atoms with van der Waals surface area (Å²) in [6.45, 7) is 3.89. The first kappa shape index (κ1) is 27.9. The first-order valence-electron chi connectivity index (χ1n) is 12.7. The molecule has 1 aliphatic heterocycles. The van der Waals surface area contributed by atoms with Crippen LogP contribution >= 0.6 is 0 Å². The van der Waals surface area contributed by atoms with Gasteiger partial charge in [-0.2, -0.15) is 0 Å². The molecule has 1 heterocycles. The molecule has 2 aromatic rings. The van der Waals surface area contributed by atoms with Gasteiger partial charge >= 0.3 is 0 Å². The van der Waals surface area contributed by atoms with E-state index in [1.165, 1.54) is 0 Å². The van der Waals surface area contributed by atoms with Crippen LogP contribution in [0.5, 0.6) is 5.75 Å². The minimum atomic E-state index is -0.816. The van der Waals surface area contributed by atoms with Crippen molar-refractivity contribution in [1.29, 1.82) is 0 Å². The van der Waals surface area contributed by atoms with Crippen molar-refractivity contribution in [1.82, 2.24) is 20.9 Å². The smallest absolute Gasteiger partial charge is 0.246 e. The van der Waals surface area contributed by atoms with Crippen LogP contribution in [0.4, 0.5) is 0 Å². The van der Waals surface area contributed by atoms with E-state index in [1.807, 2.05) is 81.4 Å². The zero-order valence-electron chi connectivity index (χ0n) is 22.3. The Balaban J connectivity index is 2.03. The topological polar surface area (TPSA) is 99.8 Å². The van der Waals surface area contributed by atoms with E-state index in [1.54, 1.807) is 19.4 Å². The molecule has 1 aliphatic rings. The summed E-state index contributed by atoms with van der Waals surface area (Å²) in [6.07, 6.45) is 4.76.